The topological polar surface area (TPSA) is 58.6 Å². The van der Waals surface area contributed by atoms with Crippen LogP contribution in [0.2, 0.25) is 10.0 Å². The summed E-state index contributed by atoms with van der Waals surface area (Å²) < 4.78 is 5.49. The standard InChI is InChI=1S/C23H20Cl2N2O3S/c1-14-17(23(29)27-9-7-21-15(12-27)8-10-31-21)3-2-4-19(14)26-22(28)13-30-20-11-16(24)5-6-18(20)25/h2-6,8,10-11H,7,9,12-13H2,1H3,(H,26,28). The van der Waals surface area contributed by atoms with E-state index in [0.717, 1.165) is 12.0 Å². The molecular weight excluding hydrogens is 455 g/mol. The van der Waals surface area contributed by atoms with Gasteiger partial charge in [-0.15, -0.1) is 11.3 Å². The van der Waals surface area contributed by atoms with Crippen LogP contribution in [0.3, 0.4) is 0 Å². The maximum atomic E-state index is 13.1. The predicted octanol–water partition coefficient (Wildman–Crippen LogP) is 5.58. The second kappa shape index (κ2) is 9.30. The Balaban J connectivity index is 1.43. The highest BCUT2D eigenvalue weighted by atomic mass is 35.5. The van der Waals surface area contributed by atoms with Gasteiger partial charge in [-0.05, 0) is 60.2 Å². The zero-order valence-electron chi connectivity index (χ0n) is 16.8. The molecule has 0 radical (unpaired) electrons. The Morgan fingerprint density at radius 2 is 2.03 bits per heavy atom. The van der Waals surface area contributed by atoms with Crippen LogP contribution >= 0.6 is 34.5 Å². The highest BCUT2D eigenvalue weighted by Crippen LogP contribution is 2.29. The zero-order valence-corrected chi connectivity index (χ0v) is 19.1. The van der Waals surface area contributed by atoms with Crippen molar-refractivity contribution in [3.63, 3.8) is 0 Å². The van der Waals surface area contributed by atoms with E-state index in [1.165, 1.54) is 10.4 Å². The Labute approximate surface area is 194 Å². The van der Waals surface area contributed by atoms with Crippen LogP contribution in [0.1, 0.15) is 26.4 Å². The highest BCUT2D eigenvalue weighted by molar-refractivity contribution is 7.10. The smallest absolute Gasteiger partial charge is 0.262 e. The molecule has 31 heavy (non-hydrogen) atoms. The molecule has 1 aliphatic rings. The molecule has 0 saturated heterocycles. The van der Waals surface area contributed by atoms with Gasteiger partial charge in [0, 0.05) is 40.3 Å². The maximum absolute atomic E-state index is 13.1. The fourth-order valence-electron chi connectivity index (χ4n) is 3.51. The Morgan fingerprint density at radius 3 is 2.87 bits per heavy atom. The van der Waals surface area contributed by atoms with Crippen LogP contribution in [-0.4, -0.2) is 29.9 Å². The van der Waals surface area contributed by atoms with Gasteiger partial charge in [0.15, 0.2) is 6.61 Å². The normalized spacial score (nSPS) is 12.9. The van der Waals surface area contributed by atoms with Crippen molar-refractivity contribution in [3.8, 4) is 5.75 Å². The molecule has 0 unspecified atom stereocenters. The van der Waals surface area contributed by atoms with E-state index in [1.54, 1.807) is 47.7 Å². The molecular formula is C23H20Cl2N2O3S. The van der Waals surface area contributed by atoms with Crippen LogP contribution in [0.5, 0.6) is 5.75 Å². The Kier molecular flexibility index (Phi) is 6.51. The van der Waals surface area contributed by atoms with Crippen LogP contribution in [0, 0.1) is 6.92 Å². The molecule has 5 nitrogen and oxygen atoms in total. The molecule has 4 rings (SSSR count). The van der Waals surface area contributed by atoms with Gasteiger partial charge in [-0.3, -0.25) is 9.59 Å². The Hall–Kier alpha value is -2.54. The van der Waals surface area contributed by atoms with Crippen molar-refractivity contribution < 1.29 is 14.3 Å². The Morgan fingerprint density at radius 1 is 1.19 bits per heavy atom. The van der Waals surface area contributed by atoms with Crippen molar-refractivity contribution in [3.05, 3.63) is 79.5 Å². The van der Waals surface area contributed by atoms with Crippen molar-refractivity contribution >= 4 is 52.0 Å². The number of nitrogens with zero attached hydrogens (tertiary/aromatic N) is 1. The SMILES string of the molecule is Cc1c(NC(=O)COc2cc(Cl)ccc2Cl)cccc1C(=O)N1CCc2sccc2C1. The molecule has 2 heterocycles. The third-order valence-corrected chi connectivity index (χ3v) is 6.76. The summed E-state index contributed by atoms with van der Waals surface area (Å²) in [5, 5.41) is 5.72. The number of anilines is 1. The minimum absolute atomic E-state index is 0.0348. The lowest BCUT2D eigenvalue weighted by Crippen LogP contribution is -2.35. The van der Waals surface area contributed by atoms with Crippen molar-refractivity contribution in [2.75, 3.05) is 18.5 Å². The molecule has 0 atom stereocenters. The quantitative estimate of drug-likeness (QED) is 0.524. The van der Waals surface area contributed by atoms with Crippen LogP contribution < -0.4 is 10.1 Å². The number of ether oxygens (including phenoxy) is 1. The summed E-state index contributed by atoms with van der Waals surface area (Å²) in [5.74, 6) is -0.0556. The summed E-state index contributed by atoms with van der Waals surface area (Å²) in [5.41, 5.74) is 3.08. The minimum atomic E-state index is -0.357. The van der Waals surface area contributed by atoms with E-state index in [4.69, 9.17) is 27.9 Å². The molecule has 0 aliphatic carbocycles. The average Bonchev–Trinajstić information content (AvgIpc) is 3.23. The van der Waals surface area contributed by atoms with E-state index in [9.17, 15) is 9.59 Å². The molecule has 1 aromatic heterocycles. The molecule has 0 spiro atoms. The van der Waals surface area contributed by atoms with Crippen LogP contribution in [-0.2, 0) is 17.8 Å². The number of rotatable bonds is 5. The maximum Gasteiger partial charge on any atom is 0.262 e. The second-order valence-electron chi connectivity index (χ2n) is 7.24. The lowest BCUT2D eigenvalue weighted by Gasteiger charge is -2.28. The molecule has 0 saturated carbocycles. The van der Waals surface area contributed by atoms with Gasteiger partial charge < -0.3 is 15.0 Å². The van der Waals surface area contributed by atoms with Gasteiger partial charge in [0.25, 0.3) is 11.8 Å². The monoisotopic (exact) mass is 474 g/mol. The number of carbonyl (C=O) groups is 2. The number of benzene rings is 2. The summed E-state index contributed by atoms with van der Waals surface area (Å²) in [6.45, 7) is 2.90. The molecule has 8 heteroatoms. The summed E-state index contributed by atoms with van der Waals surface area (Å²) in [7, 11) is 0. The molecule has 3 aromatic rings. The van der Waals surface area contributed by atoms with Crippen molar-refractivity contribution in [2.45, 2.75) is 19.9 Å². The molecule has 0 fully saturated rings. The predicted molar refractivity (Wildman–Crippen MR) is 125 cm³/mol. The minimum Gasteiger partial charge on any atom is -0.482 e. The van der Waals surface area contributed by atoms with Gasteiger partial charge in [-0.25, -0.2) is 0 Å². The largest absolute Gasteiger partial charge is 0.482 e. The molecule has 1 N–H and O–H groups in total. The van der Waals surface area contributed by atoms with Crippen LogP contribution in [0.25, 0.3) is 0 Å². The zero-order chi connectivity index (χ0) is 22.0. The van der Waals surface area contributed by atoms with Crippen molar-refractivity contribution in [1.29, 1.82) is 0 Å². The molecule has 2 aromatic carbocycles. The molecule has 2 amide bonds. The van der Waals surface area contributed by atoms with Gasteiger partial charge in [-0.1, -0.05) is 29.3 Å². The van der Waals surface area contributed by atoms with Crippen molar-refractivity contribution in [2.24, 2.45) is 0 Å². The van der Waals surface area contributed by atoms with Crippen LogP contribution in [0.15, 0.2) is 47.8 Å². The summed E-state index contributed by atoms with van der Waals surface area (Å²) >= 11 is 13.7. The van der Waals surface area contributed by atoms with Gasteiger partial charge in [0.05, 0.1) is 5.02 Å². The number of carbonyl (C=O) groups excluding carboxylic acids is 2. The molecule has 160 valence electrons. The lowest BCUT2D eigenvalue weighted by atomic mass is 10.0. The van der Waals surface area contributed by atoms with Crippen molar-refractivity contribution in [1.82, 2.24) is 4.90 Å². The van der Waals surface area contributed by atoms with E-state index >= 15 is 0 Å². The number of thiophene rings is 1. The summed E-state index contributed by atoms with van der Waals surface area (Å²) in [4.78, 5) is 28.8. The third kappa shape index (κ3) is 4.87. The average molecular weight is 475 g/mol. The summed E-state index contributed by atoms with van der Waals surface area (Å²) in [6.07, 6.45) is 0.873. The van der Waals surface area contributed by atoms with E-state index < -0.39 is 0 Å². The number of hydrogen-bond donors (Lipinski definition) is 1. The van der Waals surface area contributed by atoms with E-state index in [0.29, 0.717) is 40.1 Å². The number of halogens is 2. The number of hydrogen-bond acceptors (Lipinski definition) is 4. The first kappa shape index (κ1) is 21.7. The third-order valence-electron chi connectivity index (χ3n) is 5.19. The first-order valence-electron chi connectivity index (χ1n) is 9.74. The van der Waals surface area contributed by atoms with Gasteiger partial charge in [-0.2, -0.15) is 0 Å². The lowest BCUT2D eigenvalue weighted by molar-refractivity contribution is -0.118. The fraction of sp³-hybridized carbons (Fsp3) is 0.217. The first-order chi connectivity index (χ1) is 14.9. The number of amides is 2. The molecule has 1 aliphatic heterocycles. The Bertz CT molecular complexity index is 1150. The second-order valence-corrected chi connectivity index (χ2v) is 9.08. The van der Waals surface area contributed by atoms with Gasteiger partial charge >= 0.3 is 0 Å². The number of nitrogens with one attached hydrogen (secondary N) is 1. The van der Waals surface area contributed by atoms with E-state index in [-0.39, 0.29) is 18.4 Å². The highest BCUT2D eigenvalue weighted by Gasteiger charge is 2.24. The van der Waals surface area contributed by atoms with Gasteiger partial charge in [0.2, 0.25) is 0 Å². The molecule has 0 bridgehead atoms. The number of fused-ring (bicyclic) bond motifs is 1. The van der Waals surface area contributed by atoms with E-state index in [1.807, 2.05) is 11.8 Å². The fourth-order valence-corrected chi connectivity index (χ4v) is 4.74. The van der Waals surface area contributed by atoms with E-state index in [2.05, 4.69) is 16.8 Å². The first-order valence-corrected chi connectivity index (χ1v) is 11.4. The van der Waals surface area contributed by atoms with Gasteiger partial charge in [0.1, 0.15) is 5.75 Å². The summed E-state index contributed by atoms with van der Waals surface area (Å²) in [6, 6.07) is 12.2. The van der Waals surface area contributed by atoms with Crippen LogP contribution in [0.4, 0.5) is 5.69 Å².